The van der Waals surface area contributed by atoms with Crippen molar-refractivity contribution in [3.8, 4) is 0 Å². The summed E-state index contributed by atoms with van der Waals surface area (Å²) in [6.07, 6.45) is 1.11. The molecule has 0 aliphatic carbocycles. The second-order valence-corrected chi connectivity index (χ2v) is 9.98. The van der Waals surface area contributed by atoms with Gasteiger partial charge in [0, 0.05) is 0 Å². The quantitative estimate of drug-likeness (QED) is 0.589. The third-order valence-corrected chi connectivity index (χ3v) is 5.49. The van der Waals surface area contributed by atoms with Crippen molar-refractivity contribution in [2.45, 2.75) is 74.3 Å². The Hall–Kier alpha value is -1.61. The molecule has 3 nitrogen and oxygen atoms in total. The first-order valence-electron chi connectivity index (χ1n) is 10.7. The summed E-state index contributed by atoms with van der Waals surface area (Å²) in [5.41, 5.74) is 9.87. The average Bonchev–Trinajstić information content (AvgIpc) is 2.54. The van der Waals surface area contributed by atoms with Crippen LogP contribution < -0.4 is 9.80 Å². The molecule has 0 spiro atoms. The van der Waals surface area contributed by atoms with Crippen LogP contribution in [0.25, 0.3) is 0 Å². The molecule has 30 heavy (non-hydrogen) atoms. The topological polar surface area (TPSA) is 26.7 Å². The maximum absolute atomic E-state index is 8.52. The van der Waals surface area contributed by atoms with E-state index in [0.29, 0.717) is 0 Å². The molecule has 0 bridgehead atoms. The van der Waals surface area contributed by atoms with Crippen molar-refractivity contribution in [1.29, 1.82) is 0 Å². The molecule has 1 N–H and O–H groups in total. The molecule has 4 heteroatoms. The van der Waals surface area contributed by atoms with Gasteiger partial charge in [-0.15, -0.1) is 0 Å². The summed E-state index contributed by atoms with van der Waals surface area (Å²) in [5.74, 6) is 0. The first kappa shape index (κ1) is 24.7. The normalized spacial score (nSPS) is 14.6. The van der Waals surface area contributed by atoms with Crippen molar-refractivity contribution in [1.82, 2.24) is 0 Å². The number of rotatable bonds is 2. The first-order chi connectivity index (χ1) is 13.8. The Morgan fingerprint density at radius 1 is 0.700 bits per heavy atom. The minimum atomic E-state index is -0.500. The van der Waals surface area contributed by atoms with E-state index >= 15 is 0 Å². The Balaban J connectivity index is 0.000000575. The maximum atomic E-state index is 8.52. The third-order valence-electron chi connectivity index (χ3n) is 4.98. The van der Waals surface area contributed by atoms with Crippen LogP contribution in [0.5, 0.6) is 0 Å². The minimum absolute atomic E-state index is 0.500. The Morgan fingerprint density at radius 3 is 1.23 bits per heavy atom. The van der Waals surface area contributed by atoms with Crippen molar-refractivity contribution in [3.05, 3.63) is 57.6 Å². The molecule has 2 aromatic carbocycles. The van der Waals surface area contributed by atoms with Crippen molar-refractivity contribution >= 4 is 16.0 Å². The van der Waals surface area contributed by atoms with Gasteiger partial charge in [0.15, 0.2) is 0 Å². The zero-order valence-electron chi connectivity index (χ0n) is 20.1. The summed E-state index contributed by atoms with van der Waals surface area (Å²) in [6, 6.07) is 9.02. The van der Waals surface area contributed by atoms with Gasteiger partial charge >= 0.3 is 160 Å². The van der Waals surface area contributed by atoms with E-state index in [1.54, 1.807) is 20.8 Å². The number of aliphatic hydroxyl groups is 1. The van der Waals surface area contributed by atoms with E-state index in [-0.39, 0.29) is 0 Å². The SMILES string of the molecule is CC(C)(C)O.Cc1cc(C)c(N2CCCN(c3c(C)cc(C)cc3C)[C]2=[Cu])c(C)c1. The summed E-state index contributed by atoms with van der Waals surface area (Å²) >= 11 is 6.15. The number of nitrogens with zero attached hydrogens (tertiary/aromatic N) is 2. The standard InChI is InChI=1S/C22H28N2.C4H10O.Cu/c1-15-10-17(3)21(18(4)11-15)23-8-7-9-24(14-23)22-19(5)12-16(2)13-20(22)6;1-4(2,3)5;/h10-13H,7-9H2,1-6H3;5H,1-3H3;. The number of hydrogen-bond donors (Lipinski definition) is 1. The molecule has 2 aromatic rings. The van der Waals surface area contributed by atoms with Crippen molar-refractivity contribution in [2.75, 3.05) is 22.9 Å². The summed E-state index contributed by atoms with van der Waals surface area (Å²) in [4.78, 5) is 4.65. The van der Waals surface area contributed by atoms with Gasteiger partial charge in [-0.25, -0.2) is 0 Å². The molecular formula is C26H38CuN2O. The molecule has 169 valence electrons. The Morgan fingerprint density at radius 2 is 0.967 bits per heavy atom. The number of hydrogen-bond acceptors (Lipinski definition) is 3. The summed E-state index contributed by atoms with van der Waals surface area (Å²) in [5, 5.41) is 8.52. The van der Waals surface area contributed by atoms with Gasteiger partial charge in [-0.3, -0.25) is 0 Å². The monoisotopic (exact) mass is 457 g/mol. The molecule has 1 saturated heterocycles. The van der Waals surface area contributed by atoms with Gasteiger partial charge in [-0.1, -0.05) is 0 Å². The van der Waals surface area contributed by atoms with E-state index in [0.717, 1.165) is 24.2 Å². The second kappa shape index (κ2) is 9.68. The third kappa shape index (κ3) is 6.20. The molecule has 0 aromatic heterocycles. The molecule has 0 radical (unpaired) electrons. The molecule has 1 aliphatic heterocycles. The van der Waals surface area contributed by atoms with Gasteiger partial charge in [0.1, 0.15) is 0 Å². The van der Waals surface area contributed by atoms with E-state index in [1.807, 2.05) is 0 Å². The molecule has 0 amide bonds. The van der Waals surface area contributed by atoms with Crippen molar-refractivity contribution in [3.63, 3.8) is 0 Å². The van der Waals surface area contributed by atoms with Crippen LogP contribution in [0.3, 0.4) is 0 Å². The number of aryl methyl sites for hydroxylation is 6. The zero-order chi connectivity index (χ0) is 22.8. The van der Waals surface area contributed by atoms with Gasteiger partial charge in [-0.2, -0.15) is 0 Å². The predicted molar refractivity (Wildman–Crippen MR) is 128 cm³/mol. The number of anilines is 2. The van der Waals surface area contributed by atoms with Gasteiger partial charge in [0.2, 0.25) is 0 Å². The molecule has 0 atom stereocenters. The van der Waals surface area contributed by atoms with Crippen LogP contribution in [0.4, 0.5) is 11.4 Å². The van der Waals surface area contributed by atoms with Crippen LogP contribution in [0.2, 0.25) is 0 Å². The van der Waals surface area contributed by atoms with Crippen LogP contribution in [0.1, 0.15) is 60.6 Å². The predicted octanol–water partition coefficient (Wildman–Crippen LogP) is 5.67. The molecule has 1 heterocycles. The number of benzene rings is 2. The fourth-order valence-electron chi connectivity index (χ4n) is 4.29. The Labute approximate surface area is 191 Å². The van der Waals surface area contributed by atoms with Gasteiger partial charge in [0.25, 0.3) is 0 Å². The van der Waals surface area contributed by atoms with E-state index in [2.05, 4.69) is 75.6 Å². The fourth-order valence-corrected chi connectivity index (χ4v) is 4.71. The summed E-state index contributed by atoms with van der Waals surface area (Å²) < 4.78 is 0.906. The molecule has 3 rings (SSSR count). The van der Waals surface area contributed by atoms with Gasteiger partial charge in [-0.05, 0) is 20.8 Å². The summed E-state index contributed by atoms with van der Waals surface area (Å²) in [6.45, 7) is 20.3. The first-order valence-corrected chi connectivity index (χ1v) is 11.2. The van der Waals surface area contributed by atoms with Crippen molar-refractivity contribution in [2.24, 2.45) is 0 Å². The Kier molecular flexibility index (Phi) is 7.96. The van der Waals surface area contributed by atoms with Crippen LogP contribution in [0.15, 0.2) is 24.3 Å². The average molecular weight is 458 g/mol. The second-order valence-electron chi connectivity index (χ2n) is 9.56. The van der Waals surface area contributed by atoms with E-state index in [1.165, 1.54) is 44.8 Å². The van der Waals surface area contributed by atoms with Crippen LogP contribution in [-0.4, -0.2) is 28.5 Å². The molecular weight excluding hydrogens is 420 g/mol. The zero-order valence-corrected chi connectivity index (χ0v) is 21.0. The van der Waals surface area contributed by atoms with E-state index in [4.69, 9.17) is 20.7 Å². The van der Waals surface area contributed by atoms with Crippen LogP contribution in [-0.2, 0) is 15.6 Å². The van der Waals surface area contributed by atoms with Gasteiger partial charge in [0.05, 0.1) is 5.60 Å². The molecule has 0 saturated carbocycles. The summed E-state index contributed by atoms with van der Waals surface area (Å²) in [7, 11) is 0. The molecule has 0 unspecified atom stereocenters. The molecule has 1 fully saturated rings. The van der Waals surface area contributed by atoms with E-state index in [9.17, 15) is 0 Å². The van der Waals surface area contributed by atoms with Crippen LogP contribution >= 0.6 is 0 Å². The van der Waals surface area contributed by atoms with Crippen LogP contribution in [0, 0.1) is 41.5 Å². The Bertz CT molecular complexity index is 808. The van der Waals surface area contributed by atoms with E-state index < -0.39 is 5.60 Å². The van der Waals surface area contributed by atoms with Gasteiger partial charge < -0.3 is 5.11 Å². The molecule has 1 aliphatic rings. The van der Waals surface area contributed by atoms with Crippen molar-refractivity contribution < 1.29 is 20.7 Å². The fraction of sp³-hybridized carbons (Fsp3) is 0.500.